The van der Waals surface area contributed by atoms with E-state index < -0.39 is 30.2 Å². The van der Waals surface area contributed by atoms with Crippen molar-refractivity contribution in [3.8, 4) is 11.4 Å². The van der Waals surface area contributed by atoms with Crippen LogP contribution in [0.15, 0.2) is 22.7 Å². The molecule has 0 bridgehead atoms. The summed E-state index contributed by atoms with van der Waals surface area (Å²) < 4.78 is 47.6. The van der Waals surface area contributed by atoms with Crippen molar-refractivity contribution in [1.29, 1.82) is 0 Å². The lowest BCUT2D eigenvalue weighted by molar-refractivity contribution is -0.159. The maximum Gasteiger partial charge on any atom is 0.471 e. The molecule has 0 saturated carbocycles. The lowest BCUT2D eigenvalue weighted by atomic mass is 10.0. The van der Waals surface area contributed by atoms with Crippen LogP contribution in [-0.4, -0.2) is 57.4 Å². The number of fused-ring (bicyclic) bond motifs is 1. The maximum absolute atomic E-state index is 12.9. The first-order chi connectivity index (χ1) is 13.7. The predicted octanol–water partition coefficient (Wildman–Crippen LogP) is 2.14. The van der Waals surface area contributed by atoms with E-state index in [0.717, 1.165) is 0 Å². The smallest absolute Gasteiger partial charge is 0.465 e. The van der Waals surface area contributed by atoms with E-state index in [-0.39, 0.29) is 30.4 Å². The summed E-state index contributed by atoms with van der Waals surface area (Å²) in [6.07, 6.45) is -5.52. The van der Waals surface area contributed by atoms with Crippen LogP contribution in [0.3, 0.4) is 0 Å². The Bertz CT molecular complexity index is 961. The third-order valence-corrected chi connectivity index (χ3v) is 4.90. The lowest BCUT2D eigenvalue weighted by Crippen LogP contribution is -2.56. The molecule has 0 unspecified atom stereocenters. The van der Waals surface area contributed by atoms with E-state index in [0.29, 0.717) is 24.2 Å². The van der Waals surface area contributed by atoms with Gasteiger partial charge in [-0.25, -0.2) is 4.79 Å². The average Bonchev–Trinajstić information content (AvgIpc) is 3.27. The van der Waals surface area contributed by atoms with E-state index >= 15 is 0 Å². The zero-order valence-electron chi connectivity index (χ0n) is 14.8. The van der Waals surface area contributed by atoms with Crippen molar-refractivity contribution in [2.45, 2.75) is 31.2 Å². The topological polar surface area (TPSA) is 118 Å². The second kappa shape index (κ2) is 7.03. The molecule has 3 heterocycles. The van der Waals surface area contributed by atoms with Gasteiger partial charge in [0.25, 0.3) is 5.91 Å². The van der Waals surface area contributed by atoms with Gasteiger partial charge in [0.1, 0.15) is 0 Å². The largest absolute Gasteiger partial charge is 0.471 e. The monoisotopic (exact) mass is 412 g/mol. The molecule has 2 aliphatic heterocycles. The van der Waals surface area contributed by atoms with Crippen LogP contribution in [0.25, 0.3) is 11.4 Å². The number of alkyl halides is 3. The van der Waals surface area contributed by atoms with Crippen molar-refractivity contribution >= 4 is 12.0 Å². The summed E-state index contributed by atoms with van der Waals surface area (Å²) in [5.74, 6) is -2.08. The van der Waals surface area contributed by atoms with Gasteiger partial charge < -0.3 is 24.6 Å². The number of halogens is 3. The number of nitrogens with one attached hydrogen (secondary N) is 1. The van der Waals surface area contributed by atoms with Gasteiger partial charge in [-0.05, 0) is 18.1 Å². The molecule has 12 heteroatoms. The molecule has 9 nitrogen and oxygen atoms in total. The molecule has 2 N–H and O–H groups in total. The van der Waals surface area contributed by atoms with Crippen LogP contribution in [0, 0.1) is 0 Å². The number of carboxylic acid groups (broad SMARTS) is 1. The first-order valence-corrected chi connectivity index (χ1v) is 8.66. The summed E-state index contributed by atoms with van der Waals surface area (Å²) in [6.45, 7) is 0.791. The molecule has 1 fully saturated rings. The molecule has 2 amide bonds. The van der Waals surface area contributed by atoms with Crippen LogP contribution in [0.4, 0.5) is 18.0 Å². The van der Waals surface area contributed by atoms with Gasteiger partial charge in [0.15, 0.2) is 0 Å². The number of rotatable bonds is 3. The van der Waals surface area contributed by atoms with Crippen LogP contribution < -0.4 is 5.32 Å². The highest BCUT2D eigenvalue weighted by molar-refractivity contribution is 5.99. The minimum Gasteiger partial charge on any atom is -0.465 e. The van der Waals surface area contributed by atoms with E-state index in [9.17, 15) is 22.8 Å². The molecule has 0 radical (unpaired) electrons. The molecule has 1 aromatic heterocycles. The van der Waals surface area contributed by atoms with Gasteiger partial charge in [0.05, 0.1) is 18.7 Å². The normalized spacial score (nSPS) is 21.9. The molecular formula is C17H15F3N4O5. The summed E-state index contributed by atoms with van der Waals surface area (Å²) in [5, 5.41) is 14.7. The van der Waals surface area contributed by atoms with Gasteiger partial charge in [0.2, 0.25) is 5.82 Å². The van der Waals surface area contributed by atoms with Crippen LogP contribution in [0.2, 0.25) is 0 Å². The molecule has 29 heavy (non-hydrogen) atoms. The van der Waals surface area contributed by atoms with E-state index in [1.165, 1.54) is 12.1 Å². The molecule has 4 rings (SSSR count). The molecule has 154 valence electrons. The zero-order valence-corrected chi connectivity index (χ0v) is 14.8. The van der Waals surface area contributed by atoms with Crippen molar-refractivity contribution < 1.29 is 37.1 Å². The Labute approximate surface area is 161 Å². The Balaban J connectivity index is 1.59. The molecule has 0 aliphatic carbocycles. The number of hydrogen-bond donors (Lipinski definition) is 2. The molecule has 2 atom stereocenters. The number of carbonyl (C=O) groups is 2. The number of aromatic nitrogens is 2. The van der Waals surface area contributed by atoms with E-state index in [2.05, 4.69) is 20.0 Å². The van der Waals surface area contributed by atoms with Crippen LogP contribution in [0.5, 0.6) is 0 Å². The molecule has 2 aliphatic rings. The summed E-state index contributed by atoms with van der Waals surface area (Å²) in [7, 11) is 0. The highest BCUT2D eigenvalue weighted by Crippen LogP contribution is 2.33. The van der Waals surface area contributed by atoms with Crippen molar-refractivity contribution in [2.75, 3.05) is 13.2 Å². The van der Waals surface area contributed by atoms with E-state index in [1.54, 1.807) is 11.0 Å². The van der Waals surface area contributed by atoms with Crippen molar-refractivity contribution in [3.63, 3.8) is 0 Å². The van der Waals surface area contributed by atoms with Gasteiger partial charge in [-0.1, -0.05) is 17.3 Å². The average molecular weight is 412 g/mol. The predicted molar refractivity (Wildman–Crippen MR) is 88.8 cm³/mol. The standard InChI is InChI=1S/C17H15F3N4O5/c18-17(19,20)15-22-13(23-29-15)8-1-2-9-6-24(14(25)10(9)5-8)12-3-4-28-7-11(12)21-16(26)27/h1-2,5,11-12,21H,3-4,6-7H2,(H,26,27)/t11-,12-/m1/s1. The van der Waals surface area contributed by atoms with Crippen LogP contribution >= 0.6 is 0 Å². The van der Waals surface area contributed by atoms with Crippen molar-refractivity contribution in [1.82, 2.24) is 20.4 Å². The van der Waals surface area contributed by atoms with E-state index in [4.69, 9.17) is 9.84 Å². The Hall–Kier alpha value is -3.15. The number of benzene rings is 1. The Morgan fingerprint density at radius 1 is 1.34 bits per heavy atom. The summed E-state index contributed by atoms with van der Waals surface area (Å²) in [6, 6.07) is 3.57. The van der Waals surface area contributed by atoms with Gasteiger partial charge in [-0.3, -0.25) is 4.79 Å². The fourth-order valence-corrected chi connectivity index (χ4v) is 3.58. The summed E-state index contributed by atoms with van der Waals surface area (Å²) in [4.78, 5) is 28.9. The number of hydrogen-bond acceptors (Lipinski definition) is 6. The Morgan fingerprint density at radius 3 is 2.83 bits per heavy atom. The molecular weight excluding hydrogens is 397 g/mol. The highest BCUT2D eigenvalue weighted by atomic mass is 19.4. The first kappa shape index (κ1) is 19.2. The van der Waals surface area contributed by atoms with Crippen molar-refractivity contribution in [2.24, 2.45) is 0 Å². The Kier molecular flexibility index (Phi) is 4.65. The van der Waals surface area contributed by atoms with Gasteiger partial charge in [0, 0.05) is 24.3 Å². The second-order valence-electron chi connectivity index (χ2n) is 6.71. The Morgan fingerprint density at radius 2 is 2.14 bits per heavy atom. The summed E-state index contributed by atoms with van der Waals surface area (Å²) >= 11 is 0. The number of ether oxygens (including phenoxy) is 1. The number of amides is 2. The SMILES string of the molecule is O=C(O)N[C@@H]1COCC[C@H]1N1Cc2ccc(-c3noc(C(F)(F)F)n3)cc2C1=O. The fourth-order valence-electron chi connectivity index (χ4n) is 3.58. The third kappa shape index (κ3) is 3.62. The molecule has 1 saturated heterocycles. The highest BCUT2D eigenvalue weighted by Gasteiger charge is 2.40. The molecule has 1 aromatic carbocycles. The molecule has 0 spiro atoms. The number of nitrogens with zero attached hydrogens (tertiary/aromatic N) is 3. The minimum absolute atomic E-state index is 0.144. The van der Waals surface area contributed by atoms with Crippen LogP contribution in [0.1, 0.15) is 28.2 Å². The lowest BCUT2D eigenvalue weighted by Gasteiger charge is -2.37. The van der Waals surface area contributed by atoms with Gasteiger partial charge in [-0.2, -0.15) is 18.2 Å². The van der Waals surface area contributed by atoms with E-state index in [1.807, 2.05) is 0 Å². The minimum atomic E-state index is -4.76. The van der Waals surface area contributed by atoms with Gasteiger partial charge >= 0.3 is 18.2 Å². The van der Waals surface area contributed by atoms with Gasteiger partial charge in [-0.15, -0.1) is 0 Å². The first-order valence-electron chi connectivity index (χ1n) is 8.66. The third-order valence-electron chi connectivity index (χ3n) is 4.90. The summed E-state index contributed by atoms with van der Waals surface area (Å²) in [5.41, 5.74) is 1.20. The maximum atomic E-state index is 12.9. The van der Waals surface area contributed by atoms with Crippen LogP contribution in [-0.2, 0) is 17.5 Å². The quantitative estimate of drug-likeness (QED) is 0.793. The fraction of sp³-hybridized carbons (Fsp3) is 0.412. The molecule has 2 aromatic rings. The number of carbonyl (C=O) groups excluding carboxylic acids is 1. The van der Waals surface area contributed by atoms with Crippen molar-refractivity contribution in [3.05, 3.63) is 35.2 Å². The second-order valence-corrected chi connectivity index (χ2v) is 6.71. The zero-order chi connectivity index (χ0) is 20.8.